The van der Waals surface area contributed by atoms with Gasteiger partial charge in [-0.1, -0.05) is 55.4 Å². The van der Waals surface area contributed by atoms with E-state index in [1.54, 1.807) is 6.08 Å². The molecule has 0 saturated heterocycles. The number of hydrogen-bond acceptors (Lipinski definition) is 3. The highest BCUT2D eigenvalue weighted by Crippen LogP contribution is 2.60. The third-order valence-corrected chi connectivity index (χ3v) is 5.01. The van der Waals surface area contributed by atoms with Crippen molar-refractivity contribution in [3.8, 4) is 0 Å². The van der Waals surface area contributed by atoms with E-state index < -0.39 is 6.10 Å². The van der Waals surface area contributed by atoms with Crippen LogP contribution in [0.25, 0.3) is 0 Å². The number of ether oxygens (including phenoxy) is 1. The van der Waals surface area contributed by atoms with E-state index in [1.807, 2.05) is 45.9 Å². The van der Waals surface area contributed by atoms with Crippen LogP contribution in [-0.4, -0.2) is 17.9 Å². The number of esters is 1. The normalized spacial score (nSPS) is 28.8. The fraction of sp³-hybridized carbons (Fsp3) is 0.524. The number of allylic oxidation sites excluding steroid dienone is 6. The lowest BCUT2D eigenvalue weighted by Gasteiger charge is -2.11. The van der Waals surface area contributed by atoms with Crippen molar-refractivity contribution in [2.45, 2.75) is 54.1 Å². The van der Waals surface area contributed by atoms with Gasteiger partial charge in [-0.05, 0) is 39.0 Å². The summed E-state index contributed by atoms with van der Waals surface area (Å²) in [6.45, 7) is 12.1. The maximum Gasteiger partial charge on any atom is 0.310 e. The van der Waals surface area contributed by atoms with Gasteiger partial charge in [0.2, 0.25) is 5.78 Å². The van der Waals surface area contributed by atoms with Gasteiger partial charge in [-0.15, -0.1) is 0 Å². The van der Waals surface area contributed by atoms with Crippen LogP contribution in [0.5, 0.6) is 0 Å². The van der Waals surface area contributed by atoms with Crippen molar-refractivity contribution in [1.29, 1.82) is 0 Å². The average molecular weight is 328 g/mol. The number of ketones is 1. The minimum absolute atomic E-state index is 0.0844. The average Bonchev–Trinajstić information content (AvgIpc) is 2.90. The van der Waals surface area contributed by atoms with E-state index in [9.17, 15) is 9.59 Å². The van der Waals surface area contributed by atoms with Crippen LogP contribution < -0.4 is 0 Å². The molecule has 3 heteroatoms. The highest BCUT2D eigenvalue weighted by atomic mass is 16.5. The van der Waals surface area contributed by atoms with E-state index in [2.05, 4.69) is 19.9 Å². The molecular formula is C21H28O3. The molecule has 3 nitrogen and oxygen atoms in total. The molecule has 2 aliphatic carbocycles. The maximum atomic E-state index is 12.5. The van der Waals surface area contributed by atoms with Gasteiger partial charge in [-0.25, -0.2) is 0 Å². The molecule has 0 amide bonds. The predicted octanol–water partition coefficient (Wildman–Crippen LogP) is 4.56. The molecule has 0 aromatic heterocycles. The quantitative estimate of drug-likeness (QED) is 0.422. The van der Waals surface area contributed by atoms with Crippen LogP contribution in [0.2, 0.25) is 0 Å². The topological polar surface area (TPSA) is 43.4 Å². The van der Waals surface area contributed by atoms with E-state index in [1.165, 1.54) is 5.57 Å². The zero-order chi connectivity index (χ0) is 18.1. The summed E-state index contributed by atoms with van der Waals surface area (Å²) in [5.74, 6) is -0.274. The van der Waals surface area contributed by atoms with E-state index in [0.29, 0.717) is 12.0 Å². The van der Waals surface area contributed by atoms with Crippen LogP contribution in [0.1, 0.15) is 48.0 Å². The van der Waals surface area contributed by atoms with Crippen LogP contribution in [-0.2, 0) is 14.3 Å². The van der Waals surface area contributed by atoms with E-state index in [-0.39, 0.29) is 29.0 Å². The van der Waals surface area contributed by atoms with Gasteiger partial charge in [0.15, 0.2) is 6.10 Å². The largest absolute Gasteiger partial charge is 0.453 e. The Morgan fingerprint density at radius 2 is 1.92 bits per heavy atom. The van der Waals surface area contributed by atoms with Crippen LogP contribution in [0.15, 0.2) is 47.1 Å². The van der Waals surface area contributed by atoms with Gasteiger partial charge < -0.3 is 4.74 Å². The second kappa shape index (κ2) is 6.92. The van der Waals surface area contributed by atoms with Crippen molar-refractivity contribution in [2.24, 2.45) is 17.3 Å². The van der Waals surface area contributed by atoms with Gasteiger partial charge in [-0.3, -0.25) is 9.59 Å². The molecule has 0 spiro atoms. The number of rotatable bonds is 5. The third kappa shape index (κ3) is 3.61. The Morgan fingerprint density at radius 3 is 2.50 bits per heavy atom. The fourth-order valence-electron chi connectivity index (χ4n) is 3.46. The first-order valence-corrected chi connectivity index (χ1v) is 8.59. The second-order valence-corrected chi connectivity index (χ2v) is 7.64. The van der Waals surface area contributed by atoms with Gasteiger partial charge in [0.05, 0.1) is 5.92 Å². The van der Waals surface area contributed by atoms with Gasteiger partial charge >= 0.3 is 5.97 Å². The molecule has 0 aromatic carbocycles. The van der Waals surface area contributed by atoms with Crippen molar-refractivity contribution < 1.29 is 14.3 Å². The zero-order valence-corrected chi connectivity index (χ0v) is 15.6. The highest BCUT2D eigenvalue weighted by Gasteiger charge is 2.61. The molecule has 0 N–H and O–H groups in total. The standard InChI is InChI=1S/C21H28O3/c1-7-8-9-10-15-14(4)12-17(19(15)22)24-20(23)18-16(11-13(2)3)21(18,5)6/h7-11,16-18H,12H2,1-6H3/b8-7+,10-9+. The van der Waals surface area contributed by atoms with Crippen molar-refractivity contribution in [2.75, 3.05) is 0 Å². The van der Waals surface area contributed by atoms with Crippen molar-refractivity contribution in [3.63, 3.8) is 0 Å². The van der Waals surface area contributed by atoms with Gasteiger partial charge in [0.25, 0.3) is 0 Å². The summed E-state index contributed by atoms with van der Waals surface area (Å²) in [7, 11) is 0. The molecule has 3 atom stereocenters. The zero-order valence-electron chi connectivity index (χ0n) is 15.6. The van der Waals surface area contributed by atoms with Crippen LogP contribution in [0.3, 0.4) is 0 Å². The first-order chi connectivity index (χ1) is 11.2. The first-order valence-electron chi connectivity index (χ1n) is 8.59. The molecule has 0 radical (unpaired) electrons. The molecule has 0 bridgehead atoms. The molecule has 0 aromatic rings. The van der Waals surface area contributed by atoms with Crippen molar-refractivity contribution >= 4 is 11.8 Å². The lowest BCUT2D eigenvalue weighted by molar-refractivity contribution is -0.155. The molecule has 0 aliphatic heterocycles. The Labute approximate surface area is 145 Å². The number of carbonyl (C=O) groups is 2. The first kappa shape index (κ1) is 18.4. The second-order valence-electron chi connectivity index (χ2n) is 7.64. The number of carbonyl (C=O) groups excluding carboxylic acids is 2. The molecule has 1 saturated carbocycles. The lowest BCUT2D eigenvalue weighted by Crippen LogP contribution is -2.25. The highest BCUT2D eigenvalue weighted by molar-refractivity contribution is 6.05. The third-order valence-electron chi connectivity index (χ3n) is 5.01. The summed E-state index contributed by atoms with van der Waals surface area (Å²) in [6, 6.07) is 0. The van der Waals surface area contributed by atoms with Gasteiger partial charge in [-0.2, -0.15) is 0 Å². The molecule has 130 valence electrons. The molecule has 2 rings (SSSR count). The summed E-state index contributed by atoms with van der Waals surface area (Å²) < 4.78 is 5.59. The molecule has 3 unspecified atom stereocenters. The minimum Gasteiger partial charge on any atom is -0.453 e. The van der Waals surface area contributed by atoms with Crippen molar-refractivity contribution in [1.82, 2.24) is 0 Å². The van der Waals surface area contributed by atoms with Crippen LogP contribution >= 0.6 is 0 Å². The smallest absolute Gasteiger partial charge is 0.310 e. The molecule has 0 heterocycles. The van der Waals surface area contributed by atoms with Gasteiger partial charge in [0.1, 0.15) is 0 Å². The summed E-state index contributed by atoms with van der Waals surface area (Å²) >= 11 is 0. The lowest BCUT2D eigenvalue weighted by atomic mass is 10.1. The SMILES string of the molecule is C/C=C/C=C/C1=C(C)CC(OC(=O)C2C(C=C(C)C)C2(C)C)C1=O. The van der Waals surface area contributed by atoms with Crippen molar-refractivity contribution in [3.05, 3.63) is 47.1 Å². The minimum atomic E-state index is -0.661. The van der Waals surface area contributed by atoms with E-state index in [0.717, 1.165) is 5.57 Å². The number of hydrogen-bond donors (Lipinski definition) is 0. The van der Waals surface area contributed by atoms with Gasteiger partial charge in [0, 0.05) is 12.0 Å². The molecular weight excluding hydrogens is 300 g/mol. The molecule has 24 heavy (non-hydrogen) atoms. The maximum absolute atomic E-state index is 12.5. The molecule has 1 fully saturated rings. The van der Waals surface area contributed by atoms with E-state index in [4.69, 9.17) is 4.74 Å². The Bertz CT molecular complexity index is 655. The summed E-state index contributed by atoms with van der Waals surface area (Å²) in [5, 5.41) is 0. The van der Waals surface area contributed by atoms with Crippen LogP contribution in [0, 0.1) is 17.3 Å². The fourth-order valence-corrected chi connectivity index (χ4v) is 3.46. The number of Topliss-reactive ketones (excluding diaryl/α,β-unsaturated/α-hetero) is 1. The Kier molecular flexibility index (Phi) is 5.32. The Morgan fingerprint density at radius 1 is 1.25 bits per heavy atom. The Hall–Kier alpha value is -1.90. The van der Waals surface area contributed by atoms with Crippen LogP contribution in [0.4, 0.5) is 0 Å². The molecule has 2 aliphatic rings. The predicted molar refractivity (Wildman–Crippen MR) is 96.4 cm³/mol. The summed E-state index contributed by atoms with van der Waals surface area (Å²) in [6.07, 6.45) is 9.41. The van der Waals surface area contributed by atoms with E-state index >= 15 is 0 Å². The summed E-state index contributed by atoms with van der Waals surface area (Å²) in [5.41, 5.74) is 2.76. The monoisotopic (exact) mass is 328 g/mol. The Balaban J connectivity index is 2.02. The summed E-state index contributed by atoms with van der Waals surface area (Å²) in [4.78, 5) is 25.0.